The van der Waals surface area contributed by atoms with Crippen molar-refractivity contribution in [3.05, 3.63) is 57.9 Å². The van der Waals surface area contributed by atoms with Crippen LogP contribution in [0.4, 0.5) is 0 Å². The highest BCUT2D eigenvalue weighted by atomic mass is 32.1. The Kier molecular flexibility index (Phi) is 4.77. The van der Waals surface area contributed by atoms with E-state index in [1.807, 2.05) is 25.5 Å². The first-order valence-corrected chi connectivity index (χ1v) is 9.09. The van der Waals surface area contributed by atoms with Crippen LogP contribution >= 0.6 is 11.3 Å². The van der Waals surface area contributed by atoms with Crippen molar-refractivity contribution in [2.24, 2.45) is 12.0 Å². The van der Waals surface area contributed by atoms with Crippen LogP contribution in [0, 0.1) is 13.8 Å². The number of carbonyl (C=O) groups is 1. The number of carbonyl (C=O) groups excluding carboxylic acids is 1. The van der Waals surface area contributed by atoms with E-state index in [-0.39, 0.29) is 12.0 Å². The van der Waals surface area contributed by atoms with Gasteiger partial charge in [0.2, 0.25) is 0 Å². The zero-order valence-electron chi connectivity index (χ0n) is 15.2. The number of ether oxygens (including phenoxy) is 1. The molecule has 0 aliphatic carbocycles. The van der Waals surface area contributed by atoms with E-state index in [4.69, 9.17) is 4.74 Å². The average molecular weight is 354 g/mol. The number of rotatable bonds is 3. The summed E-state index contributed by atoms with van der Waals surface area (Å²) in [5.41, 5.74) is 4.13. The summed E-state index contributed by atoms with van der Waals surface area (Å²) in [6, 6.07) is 11.4. The van der Waals surface area contributed by atoms with Gasteiger partial charge in [-0.15, -0.1) is 0 Å². The third kappa shape index (κ3) is 3.66. The molecular formula is C20H22N2O2S. The Morgan fingerprint density at radius 1 is 1.12 bits per heavy atom. The lowest BCUT2D eigenvalue weighted by atomic mass is 10.1. The van der Waals surface area contributed by atoms with Crippen molar-refractivity contribution < 1.29 is 9.53 Å². The van der Waals surface area contributed by atoms with Crippen molar-refractivity contribution >= 4 is 27.5 Å². The molecule has 0 radical (unpaired) electrons. The number of amides is 1. The maximum atomic E-state index is 12.5. The minimum atomic E-state index is -0.244. The Morgan fingerprint density at radius 2 is 1.76 bits per heavy atom. The molecule has 3 rings (SSSR count). The van der Waals surface area contributed by atoms with E-state index in [0.29, 0.717) is 10.4 Å². The minimum absolute atomic E-state index is 0.107. The van der Waals surface area contributed by atoms with Crippen LogP contribution in [0.5, 0.6) is 5.75 Å². The maximum Gasteiger partial charge on any atom is 0.279 e. The molecule has 0 aliphatic heterocycles. The zero-order valence-corrected chi connectivity index (χ0v) is 16.0. The zero-order chi connectivity index (χ0) is 18.1. The fourth-order valence-electron chi connectivity index (χ4n) is 2.59. The molecule has 0 atom stereocenters. The highest BCUT2D eigenvalue weighted by molar-refractivity contribution is 7.16. The number of hydrogen-bond acceptors (Lipinski definition) is 3. The van der Waals surface area contributed by atoms with Gasteiger partial charge in [-0.1, -0.05) is 11.3 Å². The fourth-order valence-corrected chi connectivity index (χ4v) is 3.68. The maximum absolute atomic E-state index is 12.5. The molecule has 5 heteroatoms. The Bertz CT molecular complexity index is 995. The van der Waals surface area contributed by atoms with Crippen molar-refractivity contribution in [3.8, 4) is 5.75 Å². The molecule has 0 spiro atoms. The predicted octanol–water partition coefficient (Wildman–Crippen LogP) is 4.38. The molecule has 1 aromatic heterocycles. The van der Waals surface area contributed by atoms with Gasteiger partial charge in [0.25, 0.3) is 5.91 Å². The highest BCUT2D eigenvalue weighted by Gasteiger charge is 2.09. The molecule has 0 aliphatic rings. The van der Waals surface area contributed by atoms with Crippen molar-refractivity contribution in [1.29, 1.82) is 0 Å². The van der Waals surface area contributed by atoms with Gasteiger partial charge in [-0.25, -0.2) is 0 Å². The van der Waals surface area contributed by atoms with Gasteiger partial charge >= 0.3 is 0 Å². The van der Waals surface area contributed by atoms with E-state index in [1.165, 1.54) is 22.5 Å². The van der Waals surface area contributed by atoms with Crippen molar-refractivity contribution in [2.45, 2.75) is 33.8 Å². The summed E-state index contributed by atoms with van der Waals surface area (Å²) in [6.07, 6.45) is 0.107. The Labute approximate surface area is 151 Å². The first-order chi connectivity index (χ1) is 11.8. The summed E-state index contributed by atoms with van der Waals surface area (Å²) in [6.45, 7) is 8.13. The average Bonchev–Trinajstić information content (AvgIpc) is 2.84. The third-order valence-corrected chi connectivity index (χ3v) is 5.19. The van der Waals surface area contributed by atoms with Crippen molar-refractivity contribution in [2.75, 3.05) is 0 Å². The summed E-state index contributed by atoms with van der Waals surface area (Å²) < 4.78 is 8.71. The van der Waals surface area contributed by atoms with E-state index in [2.05, 4.69) is 31.0 Å². The first-order valence-electron chi connectivity index (χ1n) is 8.27. The van der Waals surface area contributed by atoms with Gasteiger partial charge in [-0.05, 0) is 75.2 Å². The number of thiazole rings is 1. The molecule has 4 nitrogen and oxygen atoms in total. The van der Waals surface area contributed by atoms with Crippen molar-refractivity contribution in [3.63, 3.8) is 0 Å². The second kappa shape index (κ2) is 6.84. The minimum Gasteiger partial charge on any atom is -0.491 e. The number of hydrogen-bond donors (Lipinski definition) is 0. The monoisotopic (exact) mass is 354 g/mol. The SMILES string of the molecule is Cc1cc2sc(=NC(=O)c3ccc(OC(C)C)cc3)n(C)c2cc1C. The first kappa shape index (κ1) is 17.4. The lowest BCUT2D eigenvalue weighted by Gasteiger charge is -2.09. The van der Waals surface area contributed by atoms with E-state index in [9.17, 15) is 4.79 Å². The summed E-state index contributed by atoms with van der Waals surface area (Å²) in [4.78, 5) is 17.5. The van der Waals surface area contributed by atoms with Gasteiger partial charge in [0.15, 0.2) is 4.80 Å². The molecule has 0 unspecified atom stereocenters. The van der Waals surface area contributed by atoms with E-state index in [1.54, 1.807) is 24.3 Å². The van der Waals surface area contributed by atoms with E-state index < -0.39 is 0 Å². The van der Waals surface area contributed by atoms with Crippen LogP contribution in [0.1, 0.15) is 35.3 Å². The normalized spacial score (nSPS) is 12.2. The number of aryl methyl sites for hydroxylation is 3. The number of nitrogens with zero attached hydrogens (tertiary/aromatic N) is 2. The fraction of sp³-hybridized carbons (Fsp3) is 0.300. The van der Waals surface area contributed by atoms with Crippen LogP contribution in [0.3, 0.4) is 0 Å². The number of aromatic nitrogens is 1. The topological polar surface area (TPSA) is 43.6 Å². The molecule has 0 fully saturated rings. The van der Waals surface area contributed by atoms with Gasteiger partial charge in [0.1, 0.15) is 5.75 Å². The van der Waals surface area contributed by atoms with Crippen molar-refractivity contribution in [1.82, 2.24) is 4.57 Å². The van der Waals surface area contributed by atoms with Gasteiger partial charge in [0.05, 0.1) is 16.3 Å². The molecule has 25 heavy (non-hydrogen) atoms. The molecular weight excluding hydrogens is 332 g/mol. The van der Waals surface area contributed by atoms with Crippen LogP contribution in [0.2, 0.25) is 0 Å². The van der Waals surface area contributed by atoms with Crippen LogP contribution < -0.4 is 9.54 Å². The quantitative estimate of drug-likeness (QED) is 0.700. The molecule has 0 N–H and O–H groups in total. The van der Waals surface area contributed by atoms with Gasteiger partial charge < -0.3 is 9.30 Å². The van der Waals surface area contributed by atoms with Crippen LogP contribution in [0.25, 0.3) is 10.2 Å². The molecule has 130 valence electrons. The molecule has 0 saturated heterocycles. The smallest absolute Gasteiger partial charge is 0.279 e. The lowest BCUT2D eigenvalue weighted by molar-refractivity contribution is 0.0998. The summed E-state index contributed by atoms with van der Waals surface area (Å²) in [7, 11) is 1.94. The van der Waals surface area contributed by atoms with E-state index in [0.717, 1.165) is 16.0 Å². The Morgan fingerprint density at radius 3 is 2.40 bits per heavy atom. The van der Waals surface area contributed by atoms with E-state index >= 15 is 0 Å². The highest BCUT2D eigenvalue weighted by Crippen LogP contribution is 2.21. The van der Waals surface area contributed by atoms with Crippen LogP contribution in [0.15, 0.2) is 41.4 Å². The standard InChI is InChI=1S/C20H22N2O2S/c1-12(2)24-16-8-6-15(7-9-16)19(23)21-20-22(5)17-10-13(3)14(4)11-18(17)25-20/h6-12H,1-5H3. The molecule has 0 saturated carbocycles. The summed E-state index contributed by atoms with van der Waals surface area (Å²) in [5, 5.41) is 0. The van der Waals surface area contributed by atoms with Gasteiger partial charge in [0, 0.05) is 12.6 Å². The van der Waals surface area contributed by atoms with Gasteiger partial charge in [-0.2, -0.15) is 4.99 Å². The Balaban J connectivity index is 1.96. The number of benzene rings is 2. The molecule has 0 bridgehead atoms. The molecule has 1 amide bonds. The largest absolute Gasteiger partial charge is 0.491 e. The lowest BCUT2D eigenvalue weighted by Crippen LogP contribution is -2.13. The van der Waals surface area contributed by atoms with Gasteiger partial charge in [-0.3, -0.25) is 4.79 Å². The molecule has 2 aromatic carbocycles. The van der Waals surface area contributed by atoms with Crippen LogP contribution in [-0.4, -0.2) is 16.6 Å². The second-order valence-electron chi connectivity index (χ2n) is 6.46. The summed E-state index contributed by atoms with van der Waals surface area (Å²) >= 11 is 1.53. The second-order valence-corrected chi connectivity index (χ2v) is 7.46. The number of fused-ring (bicyclic) bond motifs is 1. The third-order valence-electron chi connectivity index (χ3n) is 4.10. The van der Waals surface area contributed by atoms with Crippen LogP contribution in [-0.2, 0) is 7.05 Å². The summed E-state index contributed by atoms with van der Waals surface area (Å²) in [5.74, 6) is 0.511. The Hall–Kier alpha value is -2.40. The predicted molar refractivity (Wildman–Crippen MR) is 102 cm³/mol. The molecule has 1 heterocycles. The molecule has 3 aromatic rings.